The van der Waals surface area contributed by atoms with E-state index in [0.29, 0.717) is 30.9 Å². The maximum Gasteiger partial charge on any atom is 0.290 e. The molecule has 0 saturated heterocycles. The van der Waals surface area contributed by atoms with Crippen LogP contribution in [-0.4, -0.2) is 43.6 Å². The third-order valence-electron chi connectivity index (χ3n) is 6.60. The summed E-state index contributed by atoms with van der Waals surface area (Å²) in [4.78, 5) is 32.4. The number of anilines is 1. The average molecular weight is 521 g/mol. The maximum atomic E-state index is 13.4. The summed E-state index contributed by atoms with van der Waals surface area (Å²) < 4.78 is 33.5. The van der Waals surface area contributed by atoms with Crippen molar-refractivity contribution < 1.29 is 22.4 Å². The van der Waals surface area contributed by atoms with Crippen LogP contribution in [0.15, 0.2) is 81.2 Å². The fourth-order valence-corrected chi connectivity index (χ4v) is 5.72. The molecular weight excluding hydrogens is 492 g/mol. The Balaban J connectivity index is 1.32. The summed E-state index contributed by atoms with van der Waals surface area (Å²) in [6, 6.07) is 16.1. The zero-order chi connectivity index (χ0) is 25.8. The molecule has 1 aromatic heterocycles. The third-order valence-corrected chi connectivity index (χ3v) is 8.00. The first-order chi connectivity index (χ1) is 17.9. The highest BCUT2D eigenvalue weighted by molar-refractivity contribution is 7.90. The normalized spacial score (nSPS) is 17.8. The van der Waals surface area contributed by atoms with E-state index in [1.807, 2.05) is 24.3 Å². The van der Waals surface area contributed by atoms with E-state index in [0.717, 1.165) is 30.4 Å². The van der Waals surface area contributed by atoms with Gasteiger partial charge < -0.3 is 14.6 Å². The first-order valence-corrected chi connectivity index (χ1v) is 13.8. The number of benzene rings is 2. The van der Waals surface area contributed by atoms with Gasteiger partial charge in [0.2, 0.25) is 5.91 Å². The summed E-state index contributed by atoms with van der Waals surface area (Å²) in [6.45, 7) is 0.897. The lowest BCUT2D eigenvalue weighted by molar-refractivity contribution is -0.121. The standard InChI is InChI=1S/C27H28N4O5S/c32-26(23-17-19-7-3-4-8-20(19)18-31(23)27(33)24-9-6-16-36-24)29-21-11-13-22(14-12-21)37(34,35)30-25-10-2-1-5-15-28-25/h3-4,6-9,11-14,16,23H,1-2,5,10,15,17-18H2,(H,28,30)(H,29,32). The summed E-state index contributed by atoms with van der Waals surface area (Å²) in [5, 5.41) is 2.84. The fraction of sp³-hybridized carbons (Fsp3) is 0.296. The van der Waals surface area contributed by atoms with Crippen molar-refractivity contribution in [1.29, 1.82) is 0 Å². The highest BCUT2D eigenvalue weighted by Crippen LogP contribution is 2.26. The quantitative estimate of drug-likeness (QED) is 0.531. The van der Waals surface area contributed by atoms with Crippen molar-refractivity contribution in [2.45, 2.75) is 49.6 Å². The second-order valence-corrected chi connectivity index (χ2v) is 10.8. The number of furan rings is 1. The number of hydrogen-bond acceptors (Lipinski definition) is 6. The highest BCUT2D eigenvalue weighted by Gasteiger charge is 2.36. The molecule has 5 rings (SSSR count). The monoisotopic (exact) mass is 520 g/mol. The first kappa shape index (κ1) is 24.8. The minimum Gasteiger partial charge on any atom is -0.459 e. The number of rotatable bonds is 5. The third kappa shape index (κ3) is 5.59. The van der Waals surface area contributed by atoms with Crippen molar-refractivity contribution in [1.82, 2.24) is 9.62 Å². The smallest absolute Gasteiger partial charge is 0.290 e. The summed E-state index contributed by atoms with van der Waals surface area (Å²) in [7, 11) is -3.78. The number of carbonyl (C=O) groups is 2. The Bertz CT molecular complexity index is 1420. The summed E-state index contributed by atoms with van der Waals surface area (Å²) in [5.41, 5.74) is 2.41. The second kappa shape index (κ2) is 10.6. The topological polar surface area (TPSA) is 121 Å². The predicted octanol–water partition coefficient (Wildman–Crippen LogP) is 3.74. The van der Waals surface area contributed by atoms with Gasteiger partial charge in [0.15, 0.2) is 5.76 Å². The van der Waals surface area contributed by atoms with Crippen LogP contribution in [0.2, 0.25) is 0 Å². The predicted molar refractivity (Wildman–Crippen MR) is 139 cm³/mol. The Morgan fingerprint density at radius 2 is 1.73 bits per heavy atom. The number of fused-ring (bicyclic) bond motifs is 1. The van der Waals surface area contributed by atoms with E-state index in [2.05, 4.69) is 15.0 Å². The zero-order valence-electron chi connectivity index (χ0n) is 20.2. The van der Waals surface area contributed by atoms with Gasteiger partial charge in [0.1, 0.15) is 11.9 Å². The summed E-state index contributed by atoms with van der Waals surface area (Å²) in [6.07, 6.45) is 5.26. The van der Waals surface area contributed by atoms with E-state index in [9.17, 15) is 18.0 Å². The fourth-order valence-electron chi connectivity index (χ4n) is 4.63. The van der Waals surface area contributed by atoms with E-state index in [1.54, 1.807) is 12.1 Å². The minimum atomic E-state index is -3.78. The van der Waals surface area contributed by atoms with Gasteiger partial charge in [0.25, 0.3) is 15.9 Å². The number of nitrogens with one attached hydrogen (secondary N) is 2. The number of carbonyl (C=O) groups excluding carboxylic acids is 2. The van der Waals surface area contributed by atoms with Gasteiger partial charge in [-0.05, 0) is 60.4 Å². The lowest BCUT2D eigenvalue weighted by Gasteiger charge is -2.35. The van der Waals surface area contributed by atoms with Gasteiger partial charge in [-0.3, -0.25) is 19.3 Å². The molecule has 10 heteroatoms. The number of nitrogens with zero attached hydrogens (tertiary/aromatic N) is 2. The number of hydrogen-bond donors (Lipinski definition) is 2. The van der Waals surface area contributed by atoms with Crippen LogP contribution in [0.1, 0.15) is 47.4 Å². The molecule has 0 saturated carbocycles. The average Bonchev–Trinajstić information content (AvgIpc) is 3.33. The molecule has 0 aliphatic carbocycles. The van der Waals surface area contributed by atoms with Crippen LogP contribution in [0.25, 0.3) is 0 Å². The van der Waals surface area contributed by atoms with Gasteiger partial charge in [-0.1, -0.05) is 30.7 Å². The highest BCUT2D eigenvalue weighted by atomic mass is 32.2. The van der Waals surface area contributed by atoms with E-state index in [1.165, 1.54) is 35.4 Å². The minimum absolute atomic E-state index is 0.0821. The van der Waals surface area contributed by atoms with Crippen molar-refractivity contribution in [3.05, 3.63) is 83.8 Å². The van der Waals surface area contributed by atoms with Crippen LogP contribution in [0.3, 0.4) is 0 Å². The second-order valence-electron chi connectivity index (χ2n) is 9.16. The largest absolute Gasteiger partial charge is 0.459 e. The molecule has 2 aromatic carbocycles. The van der Waals surface area contributed by atoms with Gasteiger partial charge in [0.05, 0.1) is 11.2 Å². The van der Waals surface area contributed by atoms with Gasteiger partial charge >= 0.3 is 0 Å². The molecule has 2 amide bonds. The molecule has 9 nitrogen and oxygen atoms in total. The summed E-state index contributed by atoms with van der Waals surface area (Å²) in [5.74, 6) is -0.0872. The Kier molecular flexibility index (Phi) is 7.09. The molecule has 192 valence electrons. The molecule has 2 aliphatic heterocycles. The molecule has 1 unspecified atom stereocenters. The van der Waals surface area contributed by atoms with Gasteiger partial charge in [0, 0.05) is 31.6 Å². The van der Waals surface area contributed by atoms with Crippen LogP contribution >= 0.6 is 0 Å². The van der Waals surface area contributed by atoms with Crippen molar-refractivity contribution in [3.63, 3.8) is 0 Å². The SMILES string of the molecule is O=C(Nc1ccc(S(=O)(=O)NC2=NCCCCC2)cc1)C1Cc2ccccc2CN1C(=O)c1ccco1. The Hall–Kier alpha value is -3.92. The van der Waals surface area contributed by atoms with Gasteiger partial charge in [-0.15, -0.1) is 0 Å². The number of amides is 2. The van der Waals surface area contributed by atoms with E-state index >= 15 is 0 Å². The molecule has 2 N–H and O–H groups in total. The molecule has 0 radical (unpaired) electrons. The van der Waals surface area contributed by atoms with Crippen molar-refractivity contribution in [2.24, 2.45) is 4.99 Å². The lowest BCUT2D eigenvalue weighted by Crippen LogP contribution is -2.50. The molecule has 0 bridgehead atoms. The van der Waals surface area contributed by atoms with Gasteiger partial charge in [-0.2, -0.15) is 0 Å². The van der Waals surface area contributed by atoms with Crippen LogP contribution in [0.4, 0.5) is 5.69 Å². The Labute approximate surface area is 215 Å². The zero-order valence-corrected chi connectivity index (χ0v) is 21.0. The van der Waals surface area contributed by atoms with Crippen LogP contribution in [0, 0.1) is 0 Å². The first-order valence-electron chi connectivity index (χ1n) is 12.3. The van der Waals surface area contributed by atoms with Gasteiger partial charge in [-0.25, -0.2) is 8.42 Å². The Morgan fingerprint density at radius 3 is 2.49 bits per heavy atom. The molecule has 2 aliphatic rings. The maximum absolute atomic E-state index is 13.4. The number of amidine groups is 1. The molecule has 1 atom stereocenters. The molecule has 3 aromatic rings. The lowest BCUT2D eigenvalue weighted by atomic mass is 9.93. The molecule has 37 heavy (non-hydrogen) atoms. The van der Waals surface area contributed by atoms with Crippen molar-refractivity contribution in [2.75, 3.05) is 11.9 Å². The molecule has 0 fully saturated rings. The van der Waals surface area contributed by atoms with Crippen LogP contribution in [0.5, 0.6) is 0 Å². The van der Waals surface area contributed by atoms with Crippen molar-refractivity contribution >= 4 is 33.4 Å². The van der Waals surface area contributed by atoms with Crippen molar-refractivity contribution in [3.8, 4) is 0 Å². The molecule has 0 spiro atoms. The molecule has 3 heterocycles. The number of aliphatic imine (C=N–C) groups is 1. The molecular formula is C27H28N4O5S. The number of sulfonamides is 1. The Morgan fingerprint density at radius 1 is 0.946 bits per heavy atom. The van der Waals surface area contributed by atoms with Crippen LogP contribution < -0.4 is 10.0 Å². The van der Waals surface area contributed by atoms with Crippen LogP contribution in [-0.2, 0) is 27.8 Å². The van der Waals surface area contributed by atoms with E-state index in [4.69, 9.17) is 4.42 Å². The van der Waals surface area contributed by atoms with E-state index in [-0.39, 0.29) is 29.0 Å². The summed E-state index contributed by atoms with van der Waals surface area (Å²) >= 11 is 0. The van der Waals surface area contributed by atoms with E-state index < -0.39 is 16.1 Å².